The van der Waals surface area contributed by atoms with Gasteiger partial charge in [0.2, 0.25) is 0 Å². The van der Waals surface area contributed by atoms with Crippen LogP contribution < -0.4 is 5.73 Å². The molecule has 0 spiro atoms. The van der Waals surface area contributed by atoms with E-state index >= 15 is 0 Å². The molecule has 1 aliphatic rings. The fraction of sp³-hybridized carbons (Fsp3) is 0.846. The van der Waals surface area contributed by atoms with Crippen LogP contribution in [0.4, 0.5) is 4.79 Å². The minimum absolute atomic E-state index is 0.166. The summed E-state index contributed by atoms with van der Waals surface area (Å²) in [6.07, 6.45) is 0.940. The highest BCUT2D eigenvalue weighted by atomic mass is 16.6. The SMILES string of the molecule is COC(=O)C1(CN)CCCN(C(=O)OC(C)(C)C)C1. The summed E-state index contributed by atoms with van der Waals surface area (Å²) in [5.74, 6) is -0.358. The highest BCUT2D eigenvalue weighted by molar-refractivity contribution is 5.79. The topological polar surface area (TPSA) is 81.9 Å². The van der Waals surface area contributed by atoms with Crippen molar-refractivity contribution in [3.05, 3.63) is 0 Å². The van der Waals surface area contributed by atoms with E-state index in [9.17, 15) is 9.59 Å². The van der Waals surface area contributed by atoms with Crippen LogP contribution in [0.2, 0.25) is 0 Å². The van der Waals surface area contributed by atoms with Gasteiger partial charge >= 0.3 is 12.1 Å². The number of amides is 1. The third-order valence-corrected chi connectivity index (χ3v) is 3.24. The molecule has 1 heterocycles. The molecule has 1 atom stereocenters. The minimum Gasteiger partial charge on any atom is -0.469 e. The van der Waals surface area contributed by atoms with E-state index in [0.717, 1.165) is 0 Å². The molecule has 1 fully saturated rings. The van der Waals surface area contributed by atoms with Gasteiger partial charge in [0.25, 0.3) is 0 Å². The normalized spacial score (nSPS) is 23.9. The number of piperidine rings is 1. The fourth-order valence-electron chi connectivity index (χ4n) is 2.25. The summed E-state index contributed by atoms with van der Waals surface area (Å²) in [5.41, 5.74) is 4.37. The number of methoxy groups -OCH3 is 1. The lowest BCUT2D eigenvalue weighted by atomic mass is 9.80. The number of rotatable bonds is 2. The standard InChI is InChI=1S/C13H24N2O4/c1-12(2,3)19-11(17)15-7-5-6-13(8-14,9-15)10(16)18-4/h5-9,14H2,1-4H3. The predicted molar refractivity (Wildman–Crippen MR) is 70.5 cm³/mol. The lowest BCUT2D eigenvalue weighted by molar-refractivity contribution is -0.155. The molecule has 0 aromatic heterocycles. The molecule has 110 valence electrons. The van der Waals surface area contributed by atoms with E-state index in [-0.39, 0.29) is 19.1 Å². The molecule has 6 heteroatoms. The molecule has 6 nitrogen and oxygen atoms in total. The number of carbonyl (C=O) groups excluding carboxylic acids is 2. The van der Waals surface area contributed by atoms with Crippen LogP contribution in [0.3, 0.4) is 0 Å². The molecular formula is C13H24N2O4. The smallest absolute Gasteiger partial charge is 0.410 e. The average Bonchev–Trinajstić information content (AvgIpc) is 2.35. The summed E-state index contributed by atoms with van der Waals surface area (Å²) >= 11 is 0. The number of nitrogens with zero attached hydrogens (tertiary/aromatic N) is 1. The van der Waals surface area contributed by atoms with Crippen LogP contribution in [0, 0.1) is 5.41 Å². The molecule has 1 amide bonds. The number of likely N-dealkylation sites (tertiary alicyclic amines) is 1. The van der Waals surface area contributed by atoms with Crippen molar-refractivity contribution in [2.75, 3.05) is 26.7 Å². The van der Waals surface area contributed by atoms with Gasteiger partial charge < -0.3 is 20.1 Å². The molecule has 0 bridgehead atoms. The van der Waals surface area contributed by atoms with Crippen LogP contribution in [0.15, 0.2) is 0 Å². The first-order chi connectivity index (χ1) is 8.74. The van der Waals surface area contributed by atoms with Gasteiger partial charge in [-0.15, -0.1) is 0 Å². The van der Waals surface area contributed by atoms with Gasteiger partial charge in [0.15, 0.2) is 0 Å². The highest BCUT2D eigenvalue weighted by Gasteiger charge is 2.44. The predicted octanol–water partition coefficient (Wildman–Crippen LogP) is 1.14. The van der Waals surface area contributed by atoms with Crippen molar-refractivity contribution in [1.82, 2.24) is 4.90 Å². The number of hydrogen-bond donors (Lipinski definition) is 1. The van der Waals surface area contributed by atoms with E-state index in [1.165, 1.54) is 7.11 Å². The van der Waals surface area contributed by atoms with Gasteiger partial charge in [-0.3, -0.25) is 4.79 Å². The van der Waals surface area contributed by atoms with E-state index in [1.54, 1.807) is 4.90 Å². The van der Waals surface area contributed by atoms with Gasteiger partial charge in [-0.2, -0.15) is 0 Å². The average molecular weight is 272 g/mol. The number of nitrogens with two attached hydrogens (primary N) is 1. The van der Waals surface area contributed by atoms with Crippen molar-refractivity contribution in [3.63, 3.8) is 0 Å². The van der Waals surface area contributed by atoms with Crippen LogP contribution in [-0.4, -0.2) is 49.3 Å². The largest absolute Gasteiger partial charge is 0.469 e. The quantitative estimate of drug-likeness (QED) is 0.762. The van der Waals surface area contributed by atoms with Crippen molar-refractivity contribution in [3.8, 4) is 0 Å². The van der Waals surface area contributed by atoms with E-state index in [4.69, 9.17) is 15.2 Å². The number of ether oxygens (including phenoxy) is 2. The summed E-state index contributed by atoms with van der Waals surface area (Å²) in [5, 5.41) is 0. The Hall–Kier alpha value is -1.30. The maximum atomic E-state index is 12.0. The molecule has 0 saturated carbocycles. The van der Waals surface area contributed by atoms with Crippen LogP contribution in [0.25, 0.3) is 0 Å². The Kier molecular flexibility index (Phi) is 4.79. The van der Waals surface area contributed by atoms with Crippen LogP contribution in [-0.2, 0) is 14.3 Å². The monoisotopic (exact) mass is 272 g/mol. The molecular weight excluding hydrogens is 248 g/mol. The molecule has 0 aromatic rings. The van der Waals surface area contributed by atoms with Crippen LogP contribution in [0.5, 0.6) is 0 Å². The molecule has 0 aromatic carbocycles. The van der Waals surface area contributed by atoms with Gasteiger partial charge in [0.1, 0.15) is 5.60 Å². The second kappa shape index (κ2) is 5.77. The second-order valence-electron chi connectivity index (χ2n) is 5.98. The maximum absolute atomic E-state index is 12.0. The Bertz CT molecular complexity index is 351. The molecule has 1 saturated heterocycles. The second-order valence-corrected chi connectivity index (χ2v) is 5.98. The molecule has 19 heavy (non-hydrogen) atoms. The molecule has 1 aliphatic heterocycles. The van der Waals surface area contributed by atoms with Crippen LogP contribution in [0.1, 0.15) is 33.6 Å². The van der Waals surface area contributed by atoms with Gasteiger partial charge in [0.05, 0.1) is 12.5 Å². The first-order valence-corrected chi connectivity index (χ1v) is 6.50. The van der Waals surface area contributed by atoms with E-state index in [0.29, 0.717) is 19.4 Å². The molecule has 1 rings (SSSR count). The van der Waals surface area contributed by atoms with E-state index < -0.39 is 17.1 Å². The third-order valence-electron chi connectivity index (χ3n) is 3.24. The maximum Gasteiger partial charge on any atom is 0.410 e. The van der Waals surface area contributed by atoms with Gasteiger partial charge in [-0.05, 0) is 33.6 Å². The molecule has 0 radical (unpaired) electrons. The highest BCUT2D eigenvalue weighted by Crippen LogP contribution is 2.31. The van der Waals surface area contributed by atoms with Crippen molar-refractivity contribution >= 4 is 12.1 Å². The summed E-state index contributed by atoms with van der Waals surface area (Å²) in [6.45, 7) is 6.43. The zero-order valence-corrected chi connectivity index (χ0v) is 12.2. The Morgan fingerprint density at radius 1 is 1.37 bits per heavy atom. The zero-order valence-electron chi connectivity index (χ0n) is 12.2. The Balaban J connectivity index is 2.78. The minimum atomic E-state index is -0.802. The lowest BCUT2D eigenvalue weighted by Gasteiger charge is -2.40. The van der Waals surface area contributed by atoms with Crippen molar-refractivity contribution in [2.45, 2.75) is 39.2 Å². The number of esters is 1. The van der Waals surface area contributed by atoms with Crippen molar-refractivity contribution in [2.24, 2.45) is 11.1 Å². The molecule has 2 N–H and O–H groups in total. The number of hydrogen-bond acceptors (Lipinski definition) is 5. The zero-order chi connectivity index (χ0) is 14.7. The third kappa shape index (κ3) is 3.83. The summed E-state index contributed by atoms with van der Waals surface area (Å²) in [6, 6.07) is 0. The van der Waals surface area contributed by atoms with Gasteiger partial charge in [0, 0.05) is 19.6 Å². The first kappa shape index (κ1) is 15.8. The van der Waals surface area contributed by atoms with E-state index in [2.05, 4.69) is 0 Å². The summed E-state index contributed by atoms with van der Waals surface area (Å²) in [7, 11) is 1.34. The summed E-state index contributed by atoms with van der Waals surface area (Å²) < 4.78 is 10.1. The van der Waals surface area contributed by atoms with Gasteiger partial charge in [-0.25, -0.2) is 4.79 Å². The summed E-state index contributed by atoms with van der Waals surface area (Å²) in [4.78, 5) is 25.5. The van der Waals surface area contributed by atoms with Gasteiger partial charge in [-0.1, -0.05) is 0 Å². The lowest BCUT2D eigenvalue weighted by Crippen LogP contribution is -2.54. The van der Waals surface area contributed by atoms with E-state index in [1.807, 2.05) is 20.8 Å². The Morgan fingerprint density at radius 3 is 2.47 bits per heavy atom. The number of carbonyl (C=O) groups is 2. The fourth-order valence-corrected chi connectivity index (χ4v) is 2.25. The first-order valence-electron chi connectivity index (χ1n) is 6.50. The van der Waals surface area contributed by atoms with Crippen molar-refractivity contribution in [1.29, 1.82) is 0 Å². The molecule has 1 unspecified atom stereocenters. The molecule has 0 aliphatic carbocycles. The van der Waals surface area contributed by atoms with Crippen molar-refractivity contribution < 1.29 is 19.1 Å². The Labute approximate surface area is 114 Å². The van der Waals surface area contributed by atoms with Crippen LogP contribution >= 0.6 is 0 Å². The Morgan fingerprint density at radius 2 is 2.00 bits per heavy atom.